The SMILES string of the molecule is CCCCN1CCn2nc(CNC(=O)NCCc3nccs3)cc2C1. The predicted octanol–water partition coefficient (Wildman–Crippen LogP) is 2.00. The molecule has 3 heterocycles. The minimum Gasteiger partial charge on any atom is -0.338 e. The first kappa shape index (κ1) is 17.9. The fraction of sp³-hybridized carbons (Fsp3) is 0.588. The van der Waals surface area contributed by atoms with Crippen LogP contribution in [0.4, 0.5) is 4.79 Å². The Balaban J connectivity index is 1.40. The van der Waals surface area contributed by atoms with Crippen molar-refractivity contribution in [1.82, 2.24) is 30.3 Å². The van der Waals surface area contributed by atoms with Crippen LogP contribution in [0.3, 0.4) is 0 Å². The summed E-state index contributed by atoms with van der Waals surface area (Å²) in [5, 5.41) is 13.3. The van der Waals surface area contributed by atoms with Gasteiger partial charge in [0, 0.05) is 37.6 Å². The van der Waals surface area contributed by atoms with Gasteiger partial charge in [-0.25, -0.2) is 9.78 Å². The number of hydrogen-bond donors (Lipinski definition) is 2. The van der Waals surface area contributed by atoms with E-state index in [0.717, 1.165) is 43.3 Å². The standard InChI is InChI=1S/C17H26N6OS/c1-2-3-7-22-8-9-23-15(13-22)11-14(21-23)12-20-17(24)19-5-4-16-18-6-10-25-16/h6,10-11H,2-5,7-9,12-13H2,1H3,(H2,19,20,24). The molecule has 0 bridgehead atoms. The van der Waals surface area contributed by atoms with E-state index in [1.54, 1.807) is 17.5 Å². The number of fused-ring (bicyclic) bond motifs is 1. The highest BCUT2D eigenvalue weighted by atomic mass is 32.1. The number of hydrogen-bond acceptors (Lipinski definition) is 5. The molecule has 1 aliphatic heterocycles. The van der Waals surface area contributed by atoms with Crippen LogP contribution in [0.15, 0.2) is 17.6 Å². The normalized spacial score (nSPS) is 14.3. The number of nitrogens with one attached hydrogen (secondary N) is 2. The number of thiazole rings is 1. The summed E-state index contributed by atoms with van der Waals surface area (Å²) >= 11 is 1.61. The molecule has 0 saturated carbocycles. The molecule has 136 valence electrons. The van der Waals surface area contributed by atoms with E-state index in [-0.39, 0.29) is 6.03 Å². The van der Waals surface area contributed by atoms with E-state index in [2.05, 4.69) is 43.3 Å². The van der Waals surface area contributed by atoms with Crippen LogP contribution < -0.4 is 10.6 Å². The lowest BCUT2D eigenvalue weighted by Crippen LogP contribution is -2.36. The highest BCUT2D eigenvalue weighted by molar-refractivity contribution is 7.09. The summed E-state index contributed by atoms with van der Waals surface area (Å²) in [7, 11) is 0. The van der Waals surface area contributed by atoms with Gasteiger partial charge >= 0.3 is 6.03 Å². The summed E-state index contributed by atoms with van der Waals surface area (Å²) in [4.78, 5) is 18.6. The lowest BCUT2D eigenvalue weighted by Gasteiger charge is -2.27. The largest absolute Gasteiger partial charge is 0.338 e. The molecule has 25 heavy (non-hydrogen) atoms. The minimum atomic E-state index is -0.160. The second kappa shape index (κ2) is 8.96. The smallest absolute Gasteiger partial charge is 0.315 e. The molecule has 0 aliphatic carbocycles. The van der Waals surface area contributed by atoms with Crippen LogP contribution in [0.25, 0.3) is 0 Å². The van der Waals surface area contributed by atoms with Crippen molar-refractivity contribution in [3.05, 3.63) is 34.0 Å². The second-order valence-corrected chi connectivity index (χ2v) is 7.24. The number of amides is 2. The number of rotatable bonds is 8. The van der Waals surface area contributed by atoms with Crippen LogP contribution in [0.5, 0.6) is 0 Å². The van der Waals surface area contributed by atoms with Crippen LogP contribution in [0.2, 0.25) is 0 Å². The molecular weight excluding hydrogens is 336 g/mol. The Morgan fingerprint density at radius 2 is 2.28 bits per heavy atom. The molecule has 0 unspecified atom stereocenters. The Labute approximate surface area is 152 Å². The van der Waals surface area contributed by atoms with Crippen molar-refractivity contribution in [2.75, 3.05) is 19.6 Å². The Hall–Kier alpha value is -1.93. The van der Waals surface area contributed by atoms with Crippen molar-refractivity contribution in [2.45, 2.75) is 45.8 Å². The van der Waals surface area contributed by atoms with Gasteiger partial charge in [-0.05, 0) is 19.0 Å². The van der Waals surface area contributed by atoms with Crippen molar-refractivity contribution >= 4 is 17.4 Å². The van der Waals surface area contributed by atoms with Gasteiger partial charge in [-0.3, -0.25) is 9.58 Å². The molecule has 2 N–H and O–H groups in total. The van der Waals surface area contributed by atoms with Crippen molar-refractivity contribution in [3.63, 3.8) is 0 Å². The van der Waals surface area contributed by atoms with Gasteiger partial charge in [-0.1, -0.05) is 13.3 Å². The van der Waals surface area contributed by atoms with Crippen molar-refractivity contribution in [1.29, 1.82) is 0 Å². The molecular formula is C17H26N6OS. The lowest BCUT2D eigenvalue weighted by atomic mass is 10.2. The van der Waals surface area contributed by atoms with Gasteiger partial charge < -0.3 is 10.6 Å². The summed E-state index contributed by atoms with van der Waals surface area (Å²) in [5.74, 6) is 0. The molecule has 8 heteroatoms. The number of carbonyl (C=O) groups excluding carboxylic acids is 1. The number of unbranched alkanes of at least 4 members (excludes halogenated alkanes) is 1. The van der Waals surface area contributed by atoms with Gasteiger partial charge in [0.15, 0.2) is 0 Å². The fourth-order valence-corrected chi connectivity index (χ4v) is 3.55. The van der Waals surface area contributed by atoms with Crippen molar-refractivity contribution < 1.29 is 4.79 Å². The zero-order valence-corrected chi connectivity index (χ0v) is 15.5. The quantitative estimate of drug-likeness (QED) is 0.753. The number of carbonyl (C=O) groups is 1. The lowest BCUT2D eigenvalue weighted by molar-refractivity contribution is 0.210. The molecule has 2 amide bonds. The van der Waals surface area contributed by atoms with Crippen LogP contribution in [-0.4, -0.2) is 45.3 Å². The van der Waals surface area contributed by atoms with Crippen LogP contribution in [0.1, 0.15) is 36.2 Å². The topological polar surface area (TPSA) is 75.1 Å². The highest BCUT2D eigenvalue weighted by Gasteiger charge is 2.17. The molecule has 3 rings (SSSR count). The van der Waals surface area contributed by atoms with Gasteiger partial charge in [0.05, 0.1) is 29.5 Å². The van der Waals surface area contributed by atoms with E-state index in [0.29, 0.717) is 13.1 Å². The van der Waals surface area contributed by atoms with Crippen molar-refractivity contribution in [3.8, 4) is 0 Å². The van der Waals surface area contributed by atoms with Gasteiger partial charge in [0.2, 0.25) is 0 Å². The Kier molecular flexibility index (Phi) is 6.41. The van der Waals surface area contributed by atoms with Gasteiger partial charge in [0.1, 0.15) is 0 Å². The number of nitrogens with zero attached hydrogens (tertiary/aromatic N) is 4. The molecule has 0 saturated heterocycles. The maximum atomic E-state index is 11.9. The average molecular weight is 363 g/mol. The molecule has 0 radical (unpaired) electrons. The first-order valence-corrected chi connectivity index (χ1v) is 9.80. The monoisotopic (exact) mass is 362 g/mol. The van der Waals surface area contributed by atoms with E-state index in [1.807, 2.05) is 5.38 Å². The first-order chi connectivity index (χ1) is 12.2. The Bertz CT molecular complexity index is 669. The minimum absolute atomic E-state index is 0.160. The zero-order valence-electron chi connectivity index (χ0n) is 14.7. The third-order valence-corrected chi connectivity index (χ3v) is 5.13. The highest BCUT2D eigenvalue weighted by Crippen LogP contribution is 2.14. The molecule has 0 spiro atoms. The summed E-state index contributed by atoms with van der Waals surface area (Å²) in [6.07, 6.45) is 5.01. The molecule has 0 atom stereocenters. The van der Waals surface area contributed by atoms with E-state index in [1.165, 1.54) is 18.5 Å². The summed E-state index contributed by atoms with van der Waals surface area (Å²) < 4.78 is 2.07. The number of aromatic nitrogens is 3. The van der Waals surface area contributed by atoms with Crippen LogP contribution >= 0.6 is 11.3 Å². The fourth-order valence-electron chi connectivity index (χ4n) is 2.93. The molecule has 1 aliphatic rings. The van der Waals surface area contributed by atoms with Gasteiger partial charge in [-0.15, -0.1) is 11.3 Å². The van der Waals surface area contributed by atoms with Gasteiger partial charge in [0.25, 0.3) is 0 Å². The summed E-state index contributed by atoms with van der Waals surface area (Å²) in [6, 6.07) is 1.95. The van der Waals surface area contributed by atoms with E-state index in [4.69, 9.17) is 0 Å². The molecule has 2 aromatic heterocycles. The molecule has 2 aromatic rings. The Morgan fingerprint density at radius 1 is 1.36 bits per heavy atom. The van der Waals surface area contributed by atoms with Crippen LogP contribution in [0, 0.1) is 0 Å². The zero-order chi connectivity index (χ0) is 17.5. The van der Waals surface area contributed by atoms with Crippen molar-refractivity contribution in [2.24, 2.45) is 0 Å². The molecule has 0 aromatic carbocycles. The average Bonchev–Trinajstić information content (AvgIpc) is 3.27. The van der Waals surface area contributed by atoms with E-state index in [9.17, 15) is 4.79 Å². The van der Waals surface area contributed by atoms with Gasteiger partial charge in [-0.2, -0.15) is 5.10 Å². The number of urea groups is 1. The molecule has 7 nitrogen and oxygen atoms in total. The maximum absolute atomic E-state index is 11.9. The summed E-state index contributed by atoms with van der Waals surface area (Å²) in [6.45, 7) is 7.35. The third kappa shape index (κ3) is 5.27. The second-order valence-electron chi connectivity index (χ2n) is 6.27. The third-order valence-electron chi connectivity index (χ3n) is 4.29. The first-order valence-electron chi connectivity index (χ1n) is 8.92. The van der Waals surface area contributed by atoms with E-state index >= 15 is 0 Å². The molecule has 0 fully saturated rings. The maximum Gasteiger partial charge on any atom is 0.315 e. The Morgan fingerprint density at radius 3 is 3.08 bits per heavy atom. The van der Waals surface area contributed by atoms with Crippen LogP contribution in [-0.2, 0) is 26.1 Å². The van der Waals surface area contributed by atoms with E-state index < -0.39 is 0 Å². The predicted molar refractivity (Wildman–Crippen MR) is 98.5 cm³/mol. The summed E-state index contributed by atoms with van der Waals surface area (Å²) in [5.41, 5.74) is 2.16.